The first-order chi connectivity index (χ1) is 9.13. The zero-order valence-electron chi connectivity index (χ0n) is 10.5. The third kappa shape index (κ3) is 2.06. The summed E-state index contributed by atoms with van der Waals surface area (Å²) in [6.45, 7) is 2.26. The zero-order valence-corrected chi connectivity index (χ0v) is 12.0. The molecule has 5 heteroatoms. The molecule has 2 aromatic rings. The smallest absolute Gasteiger partial charge is 0.251 e. The van der Waals surface area contributed by atoms with E-state index in [2.05, 4.69) is 15.9 Å². The summed E-state index contributed by atoms with van der Waals surface area (Å²) in [6.07, 6.45) is 1.97. The molecule has 0 aliphatic heterocycles. The summed E-state index contributed by atoms with van der Waals surface area (Å²) in [6, 6.07) is 4.78. The van der Waals surface area contributed by atoms with E-state index in [1.165, 1.54) is 12.1 Å². The van der Waals surface area contributed by atoms with Crippen molar-refractivity contribution in [3.05, 3.63) is 38.8 Å². The van der Waals surface area contributed by atoms with Crippen LogP contribution in [0, 0.1) is 5.82 Å². The van der Waals surface area contributed by atoms with Crippen LogP contribution in [0.4, 0.5) is 4.39 Å². The van der Waals surface area contributed by atoms with Crippen LogP contribution < -0.4 is 10.3 Å². The fourth-order valence-electron chi connectivity index (χ4n) is 2.31. The first-order valence-electron chi connectivity index (χ1n) is 6.29. The van der Waals surface area contributed by atoms with Crippen molar-refractivity contribution in [1.29, 1.82) is 0 Å². The quantitative estimate of drug-likeness (QED) is 0.862. The van der Waals surface area contributed by atoms with Gasteiger partial charge >= 0.3 is 0 Å². The lowest BCUT2D eigenvalue weighted by Gasteiger charge is -2.15. The number of nitrogens with zero attached hydrogens (tertiary/aromatic N) is 1. The molecule has 1 fully saturated rings. The maximum atomic E-state index is 13.9. The Morgan fingerprint density at radius 2 is 2.21 bits per heavy atom. The Hall–Kier alpha value is -1.36. The lowest BCUT2D eigenvalue weighted by atomic mass is 10.2. The van der Waals surface area contributed by atoms with Crippen LogP contribution in [0.2, 0.25) is 0 Å². The molecule has 100 valence electrons. The van der Waals surface area contributed by atoms with Crippen LogP contribution in [0.15, 0.2) is 27.5 Å². The van der Waals surface area contributed by atoms with Crippen LogP contribution in [0.1, 0.15) is 25.8 Å². The van der Waals surface area contributed by atoms with Crippen molar-refractivity contribution in [2.45, 2.75) is 25.8 Å². The minimum atomic E-state index is -0.378. The van der Waals surface area contributed by atoms with Gasteiger partial charge in [-0.1, -0.05) is 0 Å². The van der Waals surface area contributed by atoms with E-state index < -0.39 is 0 Å². The molecule has 1 saturated carbocycles. The lowest BCUT2D eigenvalue weighted by Crippen LogP contribution is -2.19. The monoisotopic (exact) mass is 325 g/mol. The third-order valence-corrected chi connectivity index (χ3v) is 4.00. The lowest BCUT2D eigenvalue weighted by molar-refractivity contribution is 0.338. The number of fused-ring (bicyclic) bond motifs is 1. The van der Waals surface area contributed by atoms with Gasteiger partial charge in [-0.05, 0) is 47.8 Å². The number of benzene rings is 1. The van der Waals surface area contributed by atoms with Gasteiger partial charge in [0.1, 0.15) is 5.82 Å². The molecule has 3 rings (SSSR count). The molecule has 0 amide bonds. The Morgan fingerprint density at radius 1 is 1.47 bits per heavy atom. The fraction of sp³-hybridized carbons (Fsp3) is 0.357. The minimum absolute atomic E-state index is 0.0607. The van der Waals surface area contributed by atoms with E-state index in [0.29, 0.717) is 23.3 Å². The SMILES string of the molecule is CCOc1c(Br)c(F)cc2ccc(=O)n(C3CC3)c12. The van der Waals surface area contributed by atoms with E-state index in [-0.39, 0.29) is 21.9 Å². The predicted molar refractivity (Wildman–Crippen MR) is 75.3 cm³/mol. The summed E-state index contributed by atoms with van der Waals surface area (Å²) in [5.74, 6) is 0.0408. The van der Waals surface area contributed by atoms with Gasteiger partial charge in [-0.3, -0.25) is 4.79 Å². The topological polar surface area (TPSA) is 31.2 Å². The summed E-state index contributed by atoms with van der Waals surface area (Å²) in [7, 11) is 0. The standard InChI is InChI=1S/C14H13BrFNO2/c1-2-19-14-12(15)10(16)7-8-3-6-11(18)17(13(8)14)9-4-5-9/h3,6-7,9H,2,4-5H2,1H3. The number of aromatic nitrogens is 1. The van der Waals surface area contributed by atoms with Gasteiger partial charge in [0.05, 0.1) is 16.6 Å². The molecule has 0 saturated heterocycles. The summed E-state index contributed by atoms with van der Waals surface area (Å²) < 4.78 is 21.4. The van der Waals surface area contributed by atoms with E-state index in [1.54, 1.807) is 10.6 Å². The first kappa shape index (κ1) is 12.7. The number of ether oxygens (including phenoxy) is 1. The number of hydrogen-bond donors (Lipinski definition) is 0. The van der Waals surface area contributed by atoms with Gasteiger partial charge in [0.25, 0.3) is 5.56 Å². The second-order valence-corrected chi connectivity index (χ2v) is 5.44. The predicted octanol–water partition coefficient (Wildman–Crippen LogP) is 3.64. The summed E-state index contributed by atoms with van der Waals surface area (Å²) in [5.41, 5.74) is 0.625. The molecule has 0 radical (unpaired) electrons. The van der Waals surface area contributed by atoms with E-state index >= 15 is 0 Å². The Balaban J connectivity index is 2.42. The van der Waals surface area contributed by atoms with Gasteiger partial charge < -0.3 is 9.30 Å². The summed E-state index contributed by atoms with van der Waals surface area (Å²) in [4.78, 5) is 12.1. The molecule has 0 N–H and O–H groups in total. The summed E-state index contributed by atoms with van der Waals surface area (Å²) >= 11 is 3.22. The largest absolute Gasteiger partial charge is 0.490 e. The highest BCUT2D eigenvalue weighted by molar-refractivity contribution is 9.10. The molecule has 1 aromatic heterocycles. The van der Waals surface area contributed by atoms with E-state index in [1.807, 2.05) is 6.92 Å². The van der Waals surface area contributed by atoms with Crippen LogP contribution in [-0.2, 0) is 0 Å². The van der Waals surface area contributed by atoms with Crippen LogP contribution in [0.25, 0.3) is 10.9 Å². The van der Waals surface area contributed by atoms with Gasteiger partial charge in [-0.2, -0.15) is 0 Å². The maximum absolute atomic E-state index is 13.9. The molecular weight excluding hydrogens is 313 g/mol. The molecule has 1 heterocycles. The van der Waals surface area contributed by atoms with Crippen molar-refractivity contribution in [1.82, 2.24) is 4.57 Å². The molecule has 19 heavy (non-hydrogen) atoms. The average molecular weight is 326 g/mol. The number of pyridine rings is 1. The minimum Gasteiger partial charge on any atom is -0.490 e. The molecule has 1 aromatic carbocycles. The second kappa shape index (κ2) is 4.63. The normalized spacial score (nSPS) is 14.9. The first-order valence-corrected chi connectivity index (χ1v) is 7.08. The maximum Gasteiger partial charge on any atom is 0.251 e. The van der Waals surface area contributed by atoms with Gasteiger partial charge in [-0.15, -0.1) is 0 Å². The molecule has 1 aliphatic carbocycles. The number of halogens is 2. The molecular formula is C14H13BrFNO2. The highest BCUT2D eigenvalue weighted by Gasteiger charge is 2.28. The molecule has 0 bridgehead atoms. The Labute approximate surface area is 118 Å². The Bertz CT molecular complexity index is 707. The van der Waals surface area contributed by atoms with Crippen molar-refractivity contribution in [2.75, 3.05) is 6.61 Å². The zero-order chi connectivity index (χ0) is 13.6. The van der Waals surface area contributed by atoms with Crippen molar-refractivity contribution in [2.24, 2.45) is 0 Å². The highest BCUT2D eigenvalue weighted by atomic mass is 79.9. The van der Waals surface area contributed by atoms with Gasteiger partial charge in [0.15, 0.2) is 5.75 Å². The Morgan fingerprint density at radius 3 is 2.84 bits per heavy atom. The van der Waals surface area contributed by atoms with Crippen molar-refractivity contribution >= 4 is 26.8 Å². The van der Waals surface area contributed by atoms with E-state index in [9.17, 15) is 9.18 Å². The van der Waals surface area contributed by atoms with E-state index in [0.717, 1.165) is 12.8 Å². The highest BCUT2D eigenvalue weighted by Crippen LogP contribution is 2.41. The van der Waals surface area contributed by atoms with Crippen LogP contribution in [0.5, 0.6) is 5.75 Å². The van der Waals surface area contributed by atoms with Crippen molar-refractivity contribution in [3.63, 3.8) is 0 Å². The molecule has 0 atom stereocenters. The van der Waals surface area contributed by atoms with Gasteiger partial charge in [0.2, 0.25) is 0 Å². The number of hydrogen-bond acceptors (Lipinski definition) is 2. The van der Waals surface area contributed by atoms with Crippen LogP contribution in [0.3, 0.4) is 0 Å². The summed E-state index contributed by atoms with van der Waals surface area (Å²) in [5, 5.41) is 0.690. The second-order valence-electron chi connectivity index (χ2n) is 4.65. The Kier molecular flexibility index (Phi) is 3.09. The fourth-order valence-corrected chi connectivity index (χ4v) is 2.73. The average Bonchev–Trinajstić information content (AvgIpc) is 3.20. The molecule has 3 nitrogen and oxygen atoms in total. The van der Waals surface area contributed by atoms with Crippen molar-refractivity contribution in [3.8, 4) is 5.75 Å². The van der Waals surface area contributed by atoms with Gasteiger partial charge in [-0.25, -0.2) is 4.39 Å². The van der Waals surface area contributed by atoms with Crippen LogP contribution in [-0.4, -0.2) is 11.2 Å². The van der Waals surface area contributed by atoms with Crippen LogP contribution >= 0.6 is 15.9 Å². The van der Waals surface area contributed by atoms with E-state index in [4.69, 9.17) is 4.74 Å². The molecule has 0 unspecified atom stereocenters. The van der Waals surface area contributed by atoms with Gasteiger partial charge in [0, 0.05) is 17.5 Å². The van der Waals surface area contributed by atoms with Crippen molar-refractivity contribution < 1.29 is 9.13 Å². The molecule has 0 spiro atoms. The molecule has 1 aliphatic rings. The number of rotatable bonds is 3. The third-order valence-electron chi connectivity index (χ3n) is 3.26.